The van der Waals surface area contributed by atoms with Crippen LogP contribution in [-0.4, -0.2) is 45.6 Å². The van der Waals surface area contributed by atoms with Crippen molar-refractivity contribution in [2.75, 3.05) is 19.6 Å². The molecule has 1 saturated heterocycles. The van der Waals surface area contributed by atoms with E-state index in [0.717, 1.165) is 62.3 Å². The van der Waals surface area contributed by atoms with E-state index >= 15 is 0 Å². The Bertz CT molecular complexity index is 737. The summed E-state index contributed by atoms with van der Waals surface area (Å²) < 4.78 is 0. The fraction of sp³-hybridized carbons (Fsp3) is 0.588. The molecule has 1 aliphatic carbocycles. The number of hydrogen-bond donors (Lipinski definition) is 2. The number of amides is 1. The molecule has 0 bridgehead atoms. The number of aryl methyl sites for hydroxylation is 2. The first kappa shape index (κ1) is 18.4. The normalized spacial score (nSPS) is 18.8. The molecule has 0 spiro atoms. The first-order valence-electron chi connectivity index (χ1n) is 8.67. The third-order valence-electron chi connectivity index (χ3n) is 5.12. The Morgan fingerprint density at radius 3 is 3.04 bits per heavy atom. The SMILES string of the molecule is Cc1ncsc1CN(CC1CCNC1)C(=O)c1n[nH]c2c1CCC2.Cl. The number of nitrogens with zero attached hydrogens (tertiary/aromatic N) is 3. The molecule has 2 aromatic heterocycles. The van der Waals surface area contributed by atoms with Gasteiger partial charge in [-0.05, 0) is 51.6 Å². The van der Waals surface area contributed by atoms with Gasteiger partial charge < -0.3 is 10.2 Å². The number of rotatable bonds is 5. The predicted molar refractivity (Wildman–Crippen MR) is 100 cm³/mol. The maximum absolute atomic E-state index is 13.2. The van der Waals surface area contributed by atoms with Gasteiger partial charge >= 0.3 is 0 Å². The quantitative estimate of drug-likeness (QED) is 0.833. The molecule has 1 aliphatic heterocycles. The molecule has 2 aliphatic rings. The topological polar surface area (TPSA) is 73.9 Å². The molecule has 2 N–H and O–H groups in total. The van der Waals surface area contributed by atoms with Gasteiger partial charge in [0, 0.05) is 22.7 Å². The molecule has 1 atom stereocenters. The molecular formula is C17H24ClN5OS. The van der Waals surface area contributed by atoms with Crippen LogP contribution in [0.3, 0.4) is 0 Å². The van der Waals surface area contributed by atoms with Gasteiger partial charge in [0.25, 0.3) is 5.91 Å². The highest BCUT2D eigenvalue weighted by Gasteiger charge is 2.29. The molecule has 6 nitrogen and oxygen atoms in total. The molecule has 0 aromatic carbocycles. The smallest absolute Gasteiger partial charge is 0.274 e. The fourth-order valence-electron chi connectivity index (χ4n) is 3.70. The van der Waals surface area contributed by atoms with E-state index in [9.17, 15) is 4.79 Å². The highest BCUT2D eigenvalue weighted by atomic mass is 35.5. The number of carbonyl (C=O) groups excluding carboxylic acids is 1. The lowest BCUT2D eigenvalue weighted by Gasteiger charge is -2.25. The second-order valence-corrected chi connectivity index (χ2v) is 7.73. The summed E-state index contributed by atoms with van der Waals surface area (Å²) >= 11 is 1.63. The van der Waals surface area contributed by atoms with Crippen LogP contribution in [0.5, 0.6) is 0 Å². The molecule has 1 fully saturated rings. The molecular weight excluding hydrogens is 358 g/mol. The van der Waals surface area contributed by atoms with Gasteiger partial charge in [0.2, 0.25) is 0 Å². The van der Waals surface area contributed by atoms with Crippen molar-refractivity contribution >= 4 is 29.7 Å². The average Bonchev–Trinajstić information content (AvgIpc) is 3.31. The lowest BCUT2D eigenvalue weighted by molar-refractivity contribution is 0.0713. The molecule has 25 heavy (non-hydrogen) atoms. The summed E-state index contributed by atoms with van der Waals surface area (Å²) in [5.74, 6) is 0.586. The van der Waals surface area contributed by atoms with E-state index in [4.69, 9.17) is 0 Å². The van der Waals surface area contributed by atoms with Gasteiger partial charge in [0.15, 0.2) is 5.69 Å². The van der Waals surface area contributed by atoms with Crippen LogP contribution in [0.4, 0.5) is 0 Å². The van der Waals surface area contributed by atoms with E-state index in [1.807, 2.05) is 17.3 Å². The Morgan fingerprint density at radius 1 is 1.44 bits per heavy atom. The molecule has 0 radical (unpaired) electrons. The maximum atomic E-state index is 13.2. The third-order valence-corrected chi connectivity index (χ3v) is 6.04. The summed E-state index contributed by atoms with van der Waals surface area (Å²) in [5, 5.41) is 10.8. The number of halogens is 1. The zero-order valence-electron chi connectivity index (χ0n) is 14.4. The zero-order valence-corrected chi connectivity index (χ0v) is 16.0. The number of carbonyl (C=O) groups is 1. The molecule has 1 unspecified atom stereocenters. The molecule has 136 valence electrons. The van der Waals surface area contributed by atoms with E-state index in [1.165, 1.54) is 4.88 Å². The monoisotopic (exact) mass is 381 g/mol. The zero-order chi connectivity index (χ0) is 16.5. The van der Waals surface area contributed by atoms with Gasteiger partial charge in [-0.15, -0.1) is 23.7 Å². The molecule has 1 amide bonds. The largest absolute Gasteiger partial charge is 0.332 e. The Balaban J connectivity index is 0.00000182. The van der Waals surface area contributed by atoms with Crippen molar-refractivity contribution in [1.82, 2.24) is 25.4 Å². The molecule has 4 rings (SSSR count). The van der Waals surface area contributed by atoms with Crippen LogP contribution in [0.15, 0.2) is 5.51 Å². The van der Waals surface area contributed by atoms with Crippen molar-refractivity contribution in [3.63, 3.8) is 0 Å². The number of hydrogen-bond acceptors (Lipinski definition) is 5. The Morgan fingerprint density at radius 2 is 2.32 bits per heavy atom. The minimum atomic E-state index is 0. The van der Waals surface area contributed by atoms with Crippen molar-refractivity contribution in [3.05, 3.63) is 33.0 Å². The maximum Gasteiger partial charge on any atom is 0.274 e. The number of H-pyrrole nitrogens is 1. The van der Waals surface area contributed by atoms with Crippen LogP contribution in [0.2, 0.25) is 0 Å². The van der Waals surface area contributed by atoms with Crippen molar-refractivity contribution in [1.29, 1.82) is 0 Å². The van der Waals surface area contributed by atoms with Crippen molar-refractivity contribution in [2.45, 2.75) is 39.2 Å². The second kappa shape index (κ2) is 7.85. The number of fused-ring (bicyclic) bond motifs is 1. The van der Waals surface area contributed by atoms with Crippen LogP contribution in [0.25, 0.3) is 0 Å². The summed E-state index contributed by atoms with van der Waals surface area (Å²) in [6, 6.07) is 0. The van der Waals surface area contributed by atoms with Gasteiger partial charge in [-0.25, -0.2) is 4.98 Å². The fourth-order valence-corrected chi connectivity index (χ4v) is 4.49. The summed E-state index contributed by atoms with van der Waals surface area (Å²) in [6.45, 7) is 5.46. The van der Waals surface area contributed by atoms with Gasteiger partial charge in [0.1, 0.15) is 0 Å². The summed E-state index contributed by atoms with van der Waals surface area (Å²) in [5.41, 5.74) is 5.80. The van der Waals surface area contributed by atoms with E-state index in [2.05, 4.69) is 20.5 Å². The van der Waals surface area contributed by atoms with Crippen LogP contribution in [-0.2, 0) is 19.4 Å². The third kappa shape index (κ3) is 3.73. The van der Waals surface area contributed by atoms with E-state index < -0.39 is 0 Å². The van der Waals surface area contributed by atoms with Gasteiger partial charge in [-0.1, -0.05) is 0 Å². The molecule has 0 saturated carbocycles. The van der Waals surface area contributed by atoms with Crippen molar-refractivity contribution < 1.29 is 4.79 Å². The molecule has 2 aromatic rings. The van der Waals surface area contributed by atoms with Crippen LogP contribution >= 0.6 is 23.7 Å². The van der Waals surface area contributed by atoms with Crippen molar-refractivity contribution in [3.8, 4) is 0 Å². The van der Waals surface area contributed by atoms with E-state index in [1.54, 1.807) is 11.3 Å². The number of aromatic nitrogens is 3. The number of thiazole rings is 1. The Kier molecular flexibility index (Phi) is 5.76. The summed E-state index contributed by atoms with van der Waals surface area (Å²) in [6.07, 6.45) is 4.22. The first-order valence-corrected chi connectivity index (χ1v) is 9.55. The van der Waals surface area contributed by atoms with E-state index in [-0.39, 0.29) is 18.3 Å². The van der Waals surface area contributed by atoms with Crippen LogP contribution in [0, 0.1) is 12.8 Å². The Hall–Kier alpha value is -1.44. The second-order valence-electron chi connectivity index (χ2n) is 6.79. The number of aromatic amines is 1. The average molecular weight is 382 g/mol. The predicted octanol–water partition coefficient (Wildman–Crippen LogP) is 2.34. The van der Waals surface area contributed by atoms with Gasteiger partial charge in [0.05, 0.1) is 17.7 Å². The minimum Gasteiger partial charge on any atom is -0.332 e. The van der Waals surface area contributed by atoms with Gasteiger partial charge in [-0.2, -0.15) is 5.10 Å². The van der Waals surface area contributed by atoms with E-state index in [0.29, 0.717) is 18.2 Å². The van der Waals surface area contributed by atoms with Crippen LogP contribution in [0.1, 0.15) is 45.2 Å². The molecule has 3 heterocycles. The summed E-state index contributed by atoms with van der Waals surface area (Å²) in [7, 11) is 0. The molecule has 8 heteroatoms. The summed E-state index contributed by atoms with van der Waals surface area (Å²) in [4.78, 5) is 20.7. The first-order chi connectivity index (χ1) is 11.7. The van der Waals surface area contributed by atoms with Crippen molar-refractivity contribution in [2.24, 2.45) is 5.92 Å². The lowest BCUT2D eigenvalue weighted by atomic mass is 10.1. The lowest BCUT2D eigenvalue weighted by Crippen LogP contribution is -2.36. The standard InChI is InChI=1S/C17H23N5OS.ClH/c1-11-15(24-10-19-11)9-22(8-12-5-6-18-7-12)17(23)16-13-3-2-4-14(13)20-21-16;/h10,12,18H,2-9H2,1H3,(H,20,21);1H. The van der Waals surface area contributed by atoms with Gasteiger partial charge in [-0.3, -0.25) is 9.89 Å². The minimum absolute atomic E-state index is 0. The Labute approximate surface area is 157 Å². The van der Waals surface area contributed by atoms with Crippen LogP contribution < -0.4 is 5.32 Å². The number of nitrogens with one attached hydrogen (secondary N) is 2. The highest BCUT2D eigenvalue weighted by molar-refractivity contribution is 7.09. The highest BCUT2D eigenvalue weighted by Crippen LogP contribution is 2.25.